The lowest BCUT2D eigenvalue weighted by atomic mass is 9.88. The standard InChI is InChI=1S/C26H49BN2O4/c1-8-15-21(18-25(2,3)4)32-23(30)16-13-11-9-10-12-14-17-24(31)33-22-19-26(5,6)29(27)28(7)20-22/h21-22H,8-20H2,1-7H3. The summed E-state index contributed by atoms with van der Waals surface area (Å²) in [4.78, 5) is 26.1. The van der Waals surface area contributed by atoms with Gasteiger partial charge in [0.15, 0.2) is 0 Å². The topological polar surface area (TPSA) is 59.1 Å². The van der Waals surface area contributed by atoms with E-state index in [0.717, 1.165) is 64.2 Å². The fourth-order valence-electron chi connectivity index (χ4n) is 4.58. The highest BCUT2D eigenvalue weighted by Gasteiger charge is 2.36. The molecule has 6 nitrogen and oxygen atoms in total. The van der Waals surface area contributed by atoms with E-state index in [1.54, 1.807) is 4.92 Å². The molecule has 0 aliphatic carbocycles. The smallest absolute Gasteiger partial charge is 0.306 e. The summed E-state index contributed by atoms with van der Waals surface area (Å²) in [6, 6.07) is 0. The van der Waals surface area contributed by atoms with Crippen LogP contribution < -0.4 is 0 Å². The lowest BCUT2D eigenvalue weighted by Gasteiger charge is -2.49. The highest BCUT2D eigenvalue weighted by Crippen LogP contribution is 2.27. The number of unbranched alkanes of at least 4 members (excludes halogenated alkanes) is 5. The number of esters is 2. The first-order valence-electron chi connectivity index (χ1n) is 13.0. The number of nitrogens with zero attached hydrogens (tertiary/aromatic N) is 2. The Hall–Kier alpha value is -1.08. The van der Waals surface area contributed by atoms with E-state index in [1.807, 2.05) is 12.1 Å². The van der Waals surface area contributed by atoms with Crippen molar-refractivity contribution < 1.29 is 19.1 Å². The zero-order chi connectivity index (χ0) is 25.1. The second-order valence-electron chi connectivity index (χ2n) is 11.6. The Morgan fingerprint density at radius 2 is 1.58 bits per heavy atom. The molecule has 7 heteroatoms. The normalized spacial score (nSPS) is 20.4. The highest BCUT2D eigenvalue weighted by molar-refractivity contribution is 6.04. The van der Waals surface area contributed by atoms with Gasteiger partial charge in [-0.2, -0.15) is 0 Å². The average molecular weight is 465 g/mol. The summed E-state index contributed by atoms with van der Waals surface area (Å²) in [6.45, 7) is 13.4. The number of likely N-dealkylation sites (N-methyl/N-ethyl adjacent to an activating group) is 1. The van der Waals surface area contributed by atoms with Gasteiger partial charge in [-0.1, -0.05) is 59.8 Å². The lowest BCUT2D eigenvalue weighted by Crippen LogP contribution is -2.60. The van der Waals surface area contributed by atoms with E-state index in [2.05, 4.69) is 41.5 Å². The molecule has 33 heavy (non-hydrogen) atoms. The number of hydrogen-bond acceptors (Lipinski definition) is 6. The highest BCUT2D eigenvalue weighted by atomic mass is 16.5. The van der Waals surface area contributed by atoms with Gasteiger partial charge in [-0.15, -0.1) is 0 Å². The molecular weight excluding hydrogens is 415 g/mol. The van der Waals surface area contributed by atoms with Gasteiger partial charge in [0.25, 0.3) is 0 Å². The van der Waals surface area contributed by atoms with Crippen molar-refractivity contribution in [3.8, 4) is 0 Å². The second-order valence-corrected chi connectivity index (χ2v) is 11.6. The van der Waals surface area contributed by atoms with E-state index in [4.69, 9.17) is 17.5 Å². The Bertz CT molecular complexity index is 591. The molecule has 0 bridgehead atoms. The molecule has 1 heterocycles. The molecule has 2 atom stereocenters. The fourth-order valence-corrected chi connectivity index (χ4v) is 4.58. The Morgan fingerprint density at radius 1 is 1.03 bits per heavy atom. The van der Waals surface area contributed by atoms with E-state index in [1.165, 1.54) is 0 Å². The predicted molar refractivity (Wildman–Crippen MR) is 135 cm³/mol. The van der Waals surface area contributed by atoms with Crippen LogP contribution in [-0.4, -0.2) is 61.2 Å². The predicted octanol–water partition coefficient (Wildman–Crippen LogP) is 5.58. The summed E-state index contributed by atoms with van der Waals surface area (Å²) in [6.07, 6.45) is 10.4. The summed E-state index contributed by atoms with van der Waals surface area (Å²) < 4.78 is 11.4. The molecule has 2 radical (unpaired) electrons. The van der Waals surface area contributed by atoms with Crippen molar-refractivity contribution in [2.24, 2.45) is 5.41 Å². The number of hydrogen-bond donors (Lipinski definition) is 0. The van der Waals surface area contributed by atoms with Crippen LogP contribution in [0.25, 0.3) is 0 Å². The zero-order valence-electron chi connectivity index (χ0n) is 22.5. The van der Waals surface area contributed by atoms with E-state index < -0.39 is 0 Å². The molecule has 0 saturated carbocycles. The van der Waals surface area contributed by atoms with E-state index in [0.29, 0.717) is 19.4 Å². The Kier molecular flexibility index (Phi) is 13.0. The largest absolute Gasteiger partial charge is 0.462 e. The Morgan fingerprint density at radius 3 is 2.09 bits per heavy atom. The Balaban J connectivity index is 2.10. The minimum Gasteiger partial charge on any atom is -0.462 e. The molecule has 0 amide bonds. The molecule has 0 spiro atoms. The summed E-state index contributed by atoms with van der Waals surface area (Å²) in [7, 11) is 7.98. The van der Waals surface area contributed by atoms with Gasteiger partial charge >= 0.3 is 11.9 Å². The minimum atomic E-state index is -0.228. The third-order valence-corrected chi connectivity index (χ3v) is 6.24. The van der Waals surface area contributed by atoms with Crippen molar-refractivity contribution in [1.29, 1.82) is 0 Å². The number of rotatable bonds is 14. The van der Waals surface area contributed by atoms with Crippen molar-refractivity contribution in [3.05, 3.63) is 0 Å². The number of hydrazine groups is 1. The van der Waals surface area contributed by atoms with E-state index in [9.17, 15) is 9.59 Å². The van der Waals surface area contributed by atoms with Crippen LogP contribution >= 0.6 is 0 Å². The summed E-state index contributed by atoms with van der Waals surface area (Å²) in [5, 5.41) is 1.91. The number of ether oxygens (including phenoxy) is 2. The van der Waals surface area contributed by atoms with Crippen molar-refractivity contribution in [2.75, 3.05) is 13.6 Å². The second kappa shape index (κ2) is 14.4. The van der Waals surface area contributed by atoms with Crippen molar-refractivity contribution in [1.82, 2.24) is 9.93 Å². The maximum absolute atomic E-state index is 12.2. The molecule has 1 rings (SSSR count). The first-order valence-corrected chi connectivity index (χ1v) is 13.0. The third-order valence-electron chi connectivity index (χ3n) is 6.24. The third kappa shape index (κ3) is 12.8. The molecule has 1 saturated heterocycles. The van der Waals surface area contributed by atoms with Gasteiger partial charge in [-0.25, -0.2) is 0 Å². The van der Waals surface area contributed by atoms with Gasteiger partial charge in [0.2, 0.25) is 7.98 Å². The molecule has 0 aromatic rings. The molecule has 1 aliphatic heterocycles. The lowest BCUT2D eigenvalue weighted by molar-refractivity contribution is -0.162. The van der Waals surface area contributed by atoms with Gasteiger partial charge in [0.1, 0.15) is 12.2 Å². The van der Waals surface area contributed by atoms with Crippen LogP contribution in [0.3, 0.4) is 0 Å². The SMILES string of the molecule is [B]N1N(C)CC(OC(=O)CCCCCCCCC(=O)OC(CCC)CC(C)(C)C)CC1(C)C. The van der Waals surface area contributed by atoms with Crippen molar-refractivity contribution in [2.45, 2.75) is 136 Å². The fraction of sp³-hybridized carbons (Fsp3) is 0.923. The molecular formula is C26H49BN2O4. The van der Waals surface area contributed by atoms with Crippen LogP contribution in [0, 0.1) is 5.41 Å². The maximum Gasteiger partial charge on any atom is 0.306 e. The number of carbonyl (C=O) groups is 2. The van der Waals surface area contributed by atoms with Gasteiger partial charge in [-0.3, -0.25) is 19.5 Å². The van der Waals surface area contributed by atoms with E-state index in [-0.39, 0.29) is 35.1 Å². The van der Waals surface area contributed by atoms with Crippen LogP contribution in [0.5, 0.6) is 0 Å². The van der Waals surface area contributed by atoms with Gasteiger partial charge < -0.3 is 9.47 Å². The molecule has 1 aliphatic rings. The quantitative estimate of drug-likeness (QED) is 0.190. The molecule has 0 aromatic heterocycles. The summed E-state index contributed by atoms with van der Waals surface area (Å²) in [5.41, 5.74) is -0.0601. The van der Waals surface area contributed by atoms with Crippen LogP contribution in [0.1, 0.15) is 119 Å². The number of carbonyl (C=O) groups excluding carboxylic acids is 2. The first kappa shape index (κ1) is 30.0. The van der Waals surface area contributed by atoms with Gasteiger partial charge in [-0.05, 0) is 44.9 Å². The summed E-state index contributed by atoms with van der Waals surface area (Å²) in [5.74, 6) is -0.177. The minimum absolute atomic E-state index is 0.0385. The van der Waals surface area contributed by atoms with Crippen LogP contribution in [0.2, 0.25) is 0 Å². The van der Waals surface area contributed by atoms with Crippen LogP contribution in [0.15, 0.2) is 0 Å². The van der Waals surface area contributed by atoms with Gasteiger partial charge in [0.05, 0.1) is 0 Å². The molecule has 190 valence electrons. The Labute approximate surface area is 204 Å². The average Bonchev–Trinajstić information content (AvgIpc) is 2.66. The molecule has 2 unspecified atom stereocenters. The van der Waals surface area contributed by atoms with Crippen molar-refractivity contribution >= 4 is 19.9 Å². The monoisotopic (exact) mass is 464 g/mol. The molecule has 0 N–H and O–H groups in total. The van der Waals surface area contributed by atoms with Gasteiger partial charge in [0, 0.05) is 38.4 Å². The first-order chi connectivity index (χ1) is 15.3. The zero-order valence-corrected chi connectivity index (χ0v) is 22.5. The van der Waals surface area contributed by atoms with Crippen LogP contribution in [0.4, 0.5) is 0 Å². The summed E-state index contributed by atoms with van der Waals surface area (Å²) >= 11 is 0. The van der Waals surface area contributed by atoms with Crippen molar-refractivity contribution in [3.63, 3.8) is 0 Å². The van der Waals surface area contributed by atoms with Crippen LogP contribution in [-0.2, 0) is 19.1 Å². The maximum atomic E-state index is 12.2. The van der Waals surface area contributed by atoms with E-state index >= 15 is 0 Å². The molecule has 1 fully saturated rings. The molecule has 0 aromatic carbocycles.